The van der Waals surface area contributed by atoms with Gasteiger partial charge >= 0.3 is 0 Å². The van der Waals surface area contributed by atoms with E-state index >= 15 is 0 Å². The molecule has 2 heteroatoms. The van der Waals surface area contributed by atoms with E-state index in [4.69, 9.17) is 5.73 Å². The third-order valence-electron chi connectivity index (χ3n) is 4.73. The molecule has 2 aromatic carbocycles. The van der Waals surface area contributed by atoms with Crippen molar-refractivity contribution in [2.24, 2.45) is 5.73 Å². The fourth-order valence-corrected chi connectivity index (χ4v) is 3.77. The van der Waals surface area contributed by atoms with Crippen LogP contribution in [0.5, 0.6) is 0 Å². The molecule has 2 atom stereocenters. The SMILES string of the molecule is N[C@@H]1CCCC[C@H]1n1c2ccccc2c2ccccc21. The van der Waals surface area contributed by atoms with Crippen molar-refractivity contribution in [2.45, 2.75) is 37.8 Å². The minimum absolute atomic E-state index is 0.281. The summed E-state index contributed by atoms with van der Waals surface area (Å²) in [5.74, 6) is 0. The number of fused-ring (bicyclic) bond motifs is 3. The Kier molecular flexibility index (Phi) is 2.78. The predicted octanol–water partition coefficient (Wildman–Crippen LogP) is 4.24. The van der Waals surface area contributed by atoms with Gasteiger partial charge in [0.1, 0.15) is 0 Å². The van der Waals surface area contributed by atoms with Crippen LogP contribution < -0.4 is 5.73 Å². The number of para-hydroxylation sites is 2. The fourth-order valence-electron chi connectivity index (χ4n) is 3.77. The van der Waals surface area contributed by atoms with E-state index in [-0.39, 0.29) is 6.04 Å². The monoisotopic (exact) mass is 264 g/mol. The van der Waals surface area contributed by atoms with Gasteiger partial charge in [-0.05, 0) is 25.0 Å². The van der Waals surface area contributed by atoms with Crippen LogP contribution >= 0.6 is 0 Å². The summed E-state index contributed by atoms with van der Waals surface area (Å²) in [5.41, 5.74) is 9.09. The molecule has 0 spiro atoms. The van der Waals surface area contributed by atoms with E-state index in [0.717, 1.165) is 6.42 Å². The zero-order valence-corrected chi connectivity index (χ0v) is 11.6. The molecule has 0 unspecified atom stereocenters. The Balaban J connectivity index is 2.04. The van der Waals surface area contributed by atoms with Crippen LogP contribution in [-0.2, 0) is 0 Å². The van der Waals surface area contributed by atoms with E-state index < -0.39 is 0 Å². The molecule has 1 aliphatic rings. The van der Waals surface area contributed by atoms with E-state index in [0.29, 0.717) is 6.04 Å². The van der Waals surface area contributed by atoms with E-state index in [9.17, 15) is 0 Å². The van der Waals surface area contributed by atoms with E-state index in [1.165, 1.54) is 41.1 Å². The molecule has 0 radical (unpaired) electrons. The Bertz CT molecular complexity index is 703. The van der Waals surface area contributed by atoms with Gasteiger partial charge in [-0.3, -0.25) is 0 Å². The van der Waals surface area contributed by atoms with Crippen molar-refractivity contribution in [1.82, 2.24) is 4.57 Å². The lowest BCUT2D eigenvalue weighted by Crippen LogP contribution is -2.34. The first-order valence-electron chi connectivity index (χ1n) is 7.59. The first-order chi connectivity index (χ1) is 9.86. The molecule has 0 bridgehead atoms. The maximum absolute atomic E-state index is 6.43. The lowest BCUT2D eigenvalue weighted by molar-refractivity contribution is 0.318. The van der Waals surface area contributed by atoms with Crippen molar-refractivity contribution in [1.29, 1.82) is 0 Å². The van der Waals surface area contributed by atoms with Crippen LogP contribution in [0.2, 0.25) is 0 Å². The molecule has 0 aliphatic heterocycles. The van der Waals surface area contributed by atoms with Crippen LogP contribution in [0.1, 0.15) is 31.7 Å². The molecular formula is C18H20N2. The normalized spacial score (nSPS) is 23.4. The summed E-state index contributed by atoms with van der Waals surface area (Å²) >= 11 is 0. The highest BCUT2D eigenvalue weighted by atomic mass is 15.0. The van der Waals surface area contributed by atoms with Crippen molar-refractivity contribution in [3.63, 3.8) is 0 Å². The summed E-state index contributed by atoms with van der Waals surface area (Å²) in [6.45, 7) is 0. The highest BCUT2D eigenvalue weighted by Crippen LogP contribution is 2.36. The van der Waals surface area contributed by atoms with Crippen LogP contribution in [0.25, 0.3) is 21.8 Å². The van der Waals surface area contributed by atoms with Gasteiger partial charge in [0.25, 0.3) is 0 Å². The van der Waals surface area contributed by atoms with Gasteiger partial charge < -0.3 is 10.3 Å². The highest BCUT2D eigenvalue weighted by Gasteiger charge is 2.26. The molecule has 102 valence electrons. The zero-order valence-electron chi connectivity index (χ0n) is 11.6. The largest absolute Gasteiger partial charge is 0.336 e. The average Bonchev–Trinajstić information content (AvgIpc) is 2.83. The second-order valence-electron chi connectivity index (χ2n) is 5.92. The summed E-state index contributed by atoms with van der Waals surface area (Å²) in [4.78, 5) is 0. The van der Waals surface area contributed by atoms with Crippen LogP contribution in [0.3, 0.4) is 0 Å². The van der Waals surface area contributed by atoms with Gasteiger partial charge in [0, 0.05) is 33.9 Å². The Morgan fingerprint density at radius 3 is 1.95 bits per heavy atom. The van der Waals surface area contributed by atoms with Gasteiger partial charge in [0.15, 0.2) is 0 Å². The van der Waals surface area contributed by atoms with Crippen molar-refractivity contribution in [2.75, 3.05) is 0 Å². The quantitative estimate of drug-likeness (QED) is 0.700. The summed E-state index contributed by atoms with van der Waals surface area (Å²) in [7, 11) is 0. The molecule has 0 amide bonds. The molecule has 1 saturated carbocycles. The molecule has 2 N–H and O–H groups in total. The summed E-state index contributed by atoms with van der Waals surface area (Å²) in [6.07, 6.45) is 4.91. The van der Waals surface area contributed by atoms with Crippen LogP contribution in [0.15, 0.2) is 48.5 Å². The predicted molar refractivity (Wildman–Crippen MR) is 84.9 cm³/mol. The third kappa shape index (κ3) is 1.68. The lowest BCUT2D eigenvalue weighted by atomic mass is 9.90. The number of hydrogen-bond donors (Lipinski definition) is 1. The van der Waals surface area contributed by atoms with Gasteiger partial charge in [-0.2, -0.15) is 0 Å². The van der Waals surface area contributed by atoms with Gasteiger partial charge in [-0.15, -0.1) is 0 Å². The Labute approximate surface area is 119 Å². The van der Waals surface area contributed by atoms with Gasteiger partial charge in [0.05, 0.1) is 0 Å². The van der Waals surface area contributed by atoms with Crippen LogP contribution in [-0.4, -0.2) is 10.6 Å². The molecule has 1 aromatic heterocycles. The summed E-state index contributed by atoms with van der Waals surface area (Å²) in [6, 6.07) is 18.1. The zero-order chi connectivity index (χ0) is 13.5. The Hall–Kier alpha value is -1.80. The Morgan fingerprint density at radius 2 is 1.35 bits per heavy atom. The smallest absolute Gasteiger partial charge is 0.0494 e. The topological polar surface area (TPSA) is 30.9 Å². The average molecular weight is 264 g/mol. The molecule has 2 nitrogen and oxygen atoms in total. The lowest BCUT2D eigenvalue weighted by Gasteiger charge is -2.31. The van der Waals surface area contributed by atoms with E-state index in [1.807, 2.05) is 0 Å². The van der Waals surface area contributed by atoms with E-state index in [1.54, 1.807) is 0 Å². The van der Waals surface area contributed by atoms with Gasteiger partial charge in [-0.1, -0.05) is 49.2 Å². The number of nitrogens with zero attached hydrogens (tertiary/aromatic N) is 1. The van der Waals surface area contributed by atoms with Crippen LogP contribution in [0.4, 0.5) is 0 Å². The van der Waals surface area contributed by atoms with Crippen molar-refractivity contribution >= 4 is 21.8 Å². The van der Waals surface area contributed by atoms with Crippen molar-refractivity contribution in [3.8, 4) is 0 Å². The minimum atomic E-state index is 0.281. The maximum atomic E-state index is 6.43. The van der Waals surface area contributed by atoms with Crippen molar-refractivity contribution < 1.29 is 0 Å². The van der Waals surface area contributed by atoms with Crippen LogP contribution in [0, 0.1) is 0 Å². The first kappa shape index (κ1) is 12.0. The highest BCUT2D eigenvalue weighted by molar-refractivity contribution is 6.08. The van der Waals surface area contributed by atoms with Gasteiger partial charge in [-0.25, -0.2) is 0 Å². The molecule has 1 heterocycles. The number of benzene rings is 2. The second-order valence-corrected chi connectivity index (χ2v) is 5.92. The molecule has 0 saturated heterocycles. The van der Waals surface area contributed by atoms with E-state index in [2.05, 4.69) is 53.1 Å². The maximum Gasteiger partial charge on any atom is 0.0494 e. The number of hydrogen-bond acceptors (Lipinski definition) is 1. The Morgan fingerprint density at radius 1 is 0.800 bits per heavy atom. The number of aromatic nitrogens is 1. The molecule has 1 aliphatic carbocycles. The molecule has 1 fully saturated rings. The molecule has 4 rings (SSSR count). The second kappa shape index (κ2) is 4.64. The summed E-state index contributed by atoms with van der Waals surface area (Å²) < 4.78 is 2.49. The molecular weight excluding hydrogens is 244 g/mol. The van der Waals surface area contributed by atoms with Gasteiger partial charge in [0.2, 0.25) is 0 Å². The summed E-state index contributed by atoms with van der Waals surface area (Å²) in [5, 5.41) is 2.70. The third-order valence-corrected chi connectivity index (χ3v) is 4.73. The standard InChI is InChI=1S/C18H20N2/c19-15-9-3-6-12-18(15)20-16-10-4-1-7-13(16)14-8-2-5-11-17(14)20/h1-2,4-5,7-8,10-11,15,18H,3,6,9,12,19H2/t15-,18-/m1/s1. The fraction of sp³-hybridized carbons (Fsp3) is 0.333. The first-order valence-corrected chi connectivity index (χ1v) is 7.59. The number of nitrogens with two attached hydrogens (primary N) is 1. The molecule has 3 aromatic rings. The number of rotatable bonds is 1. The minimum Gasteiger partial charge on any atom is -0.336 e. The molecule has 20 heavy (non-hydrogen) atoms. The van der Waals surface area contributed by atoms with Crippen molar-refractivity contribution in [3.05, 3.63) is 48.5 Å².